The molecule has 1 aliphatic heterocycles. The Morgan fingerprint density at radius 3 is 2.36 bits per heavy atom. The second-order valence-electron chi connectivity index (χ2n) is 4.73. The van der Waals surface area contributed by atoms with Gasteiger partial charge in [-0.1, -0.05) is 6.08 Å². The summed E-state index contributed by atoms with van der Waals surface area (Å²) in [5.41, 5.74) is -1.43. The van der Waals surface area contributed by atoms with Crippen molar-refractivity contribution >= 4 is 23.9 Å². The van der Waals surface area contributed by atoms with E-state index in [4.69, 9.17) is 0 Å². The molecule has 8 heteroatoms. The Balaban J connectivity index is 2.83. The summed E-state index contributed by atoms with van der Waals surface area (Å²) < 4.78 is 37.4. The molecule has 0 spiro atoms. The molecule has 0 fully saturated rings. The van der Waals surface area contributed by atoms with E-state index in [-0.39, 0.29) is 11.1 Å². The average Bonchev–Trinajstić information content (AvgIpc) is 2.85. The van der Waals surface area contributed by atoms with E-state index in [1.54, 1.807) is 0 Å². The van der Waals surface area contributed by atoms with Crippen LogP contribution in [-0.2, 0) is 19.1 Å². The second-order valence-corrected chi connectivity index (χ2v) is 4.73. The molecule has 0 bridgehead atoms. The lowest BCUT2D eigenvalue weighted by Crippen LogP contribution is -2.28. The van der Waals surface area contributed by atoms with Crippen LogP contribution in [0.15, 0.2) is 47.8 Å². The van der Waals surface area contributed by atoms with Crippen molar-refractivity contribution in [2.45, 2.75) is 0 Å². The molecular weight excluding hydrogens is 336 g/mol. The quantitative estimate of drug-likeness (QED) is 0.613. The molecule has 0 radical (unpaired) electrons. The first kappa shape index (κ1) is 18.1. The van der Waals surface area contributed by atoms with Crippen molar-refractivity contribution < 1.29 is 32.6 Å². The molecule has 2 rings (SSSR count). The fraction of sp³-hybridized carbons (Fsp3) is 0.118. The van der Waals surface area contributed by atoms with Crippen molar-refractivity contribution in [3.05, 3.63) is 65.0 Å². The molecule has 0 aliphatic carbocycles. The maximum absolute atomic E-state index is 14.4. The number of carbonyl (C=O) groups excluding carboxylic acids is 3. The molecule has 25 heavy (non-hydrogen) atoms. The van der Waals surface area contributed by atoms with Gasteiger partial charge in [-0.3, -0.25) is 4.79 Å². The van der Waals surface area contributed by atoms with E-state index < -0.39 is 35.0 Å². The van der Waals surface area contributed by atoms with Crippen LogP contribution < -0.4 is 4.90 Å². The molecule has 1 aromatic rings. The van der Waals surface area contributed by atoms with Gasteiger partial charge in [0.15, 0.2) is 17.9 Å². The highest BCUT2D eigenvalue weighted by molar-refractivity contribution is 6.06. The molecule has 0 aromatic heterocycles. The number of methoxy groups -OCH3 is 2. The normalized spacial score (nSPS) is 13.5. The van der Waals surface area contributed by atoms with Crippen LogP contribution in [0.25, 0.3) is 0 Å². The Kier molecular flexibility index (Phi) is 5.43. The minimum absolute atomic E-state index is 0.226. The van der Waals surface area contributed by atoms with E-state index >= 15 is 0 Å². The first-order valence-electron chi connectivity index (χ1n) is 6.94. The van der Waals surface area contributed by atoms with Gasteiger partial charge in [-0.2, -0.15) is 0 Å². The molecule has 0 saturated heterocycles. The molecule has 0 saturated carbocycles. The van der Waals surface area contributed by atoms with E-state index in [0.29, 0.717) is 6.29 Å². The number of carbonyl (C=O) groups is 3. The van der Waals surface area contributed by atoms with E-state index in [1.165, 1.54) is 24.4 Å². The van der Waals surface area contributed by atoms with Gasteiger partial charge in [0.05, 0.1) is 25.5 Å². The predicted molar refractivity (Wildman–Crippen MR) is 83.6 cm³/mol. The Labute approximate surface area is 141 Å². The monoisotopic (exact) mass is 349 g/mol. The topological polar surface area (TPSA) is 72.9 Å². The molecule has 0 amide bonds. The summed E-state index contributed by atoms with van der Waals surface area (Å²) in [6.07, 6.45) is 5.53. The summed E-state index contributed by atoms with van der Waals surface area (Å²) in [6, 6.07) is 1.84. The van der Waals surface area contributed by atoms with Gasteiger partial charge in [0.1, 0.15) is 5.70 Å². The van der Waals surface area contributed by atoms with E-state index in [9.17, 15) is 23.2 Å². The van der Waals surface area contributed by atoms with E-state index in [2.05, 4.69) is 9.47 Å². The average molecular weight is 349 g/mol. The second kappa shape index (κ2) is 7.52. The number of esters is 2. The van der Waals surface area contributed by atoms with Crippen LogP contribution in [0.3, 0.4) is 0 Å². The first-order valence-corrected chi connectivity index (χ1v) is 6.94. The summed E-state index contributed by atoms with van der Waals surface area (Å²) in [4.78, 5) is 36.4. The van der Waals surface area contributed by atoms with Gasteiger partial charge in [-0.25, -0.2) is 18.4 Å². The number of anilines is 1. The Morgan fingerprint density at radius 1 is 1.08 bits per heavy atom. The van der Waals surface area contributed by atoms with E-state index in [0.717, 1.165) is 31.3 Å². The number of benzene rings is 1. The number of nitrogens with zero attached hydrogens (tertiary/aromatic N) is 1. The molecule has 1 heterocycles. The largest absolute Gasteiger partial charge is 0.465 e. The lowest BCUT2D eigenvalue weighted by molar-refractivity contribution is -0.139. The zero-order chi connectivity index (χ0) is 18.6. The zero-order valence-electron chi connectivity index (χ0n) is 13.3. The SMILES string of the molecule is COC(=O)C1=C(C(=O)OC)N(c2c(C=O)ccc(F)c2F)C=CC=C1. The van der Waals surface area contributed by atoms with Crippen LogP contribution in [0, 0.1) is 11.6 Å². The molecular formula is C17H13F2NO5. The number of allylic oxidation sites excluding steroid dienone is 2. The van der Waals surface area contributed by atoms with Gasteiger partial charge >= 0.3 is 11.9 Å². The van der Waals surface area contributed by atoms with E-state index in [1.807, 2.05) is 0 Å². The summed E-state index contributed by atoms with van der Waals surface area (Å²) in [6.45, 7) is 0. The number of aldehydes is 1. The van der Waals surface area contributed by atoms with Crippen molar-refractivity contribution in [3.8, 4) is 0 Å². The van der Waals surface area contributed by atoms with Crippen molar-refractivity contribution in [2.24, 2.45) is 0 Å². The van der Waals surface area contributed by atoms with Crippen molar-refractivity contribution in [3.63, 3.8) is 0 Å². The molecule has 6 nitrogen and oxygen atoms in total. The zero-order valence-corrected chi connectivity index (χ0v) is 13.3. The fourth-order valence-corrected chi connectivity index (χ4v) is 2.23. The summed E-state index contributed by atoms with van der Waals surface area (Å²) in [7, 11) is 2.16. The smallest absolute Gasteiger partial charge is 0.355 e. The molecule has 130 valence electrons. The summed E-state index contributed by atoms with van der Waals surface area (Å²) in [5.74, 6) is -4.48. The van der Waals surface area contributed by atoms with Gasteiger partial charge in [0.2, 0.25) is 0 Å². The molecule has 1 aliphatic rings. The molecule has 0 N–H and O–H groups in total. The van der Waals surface area contributed by atoms with Crippen LogP contribution in [0.4, 0.5) is 14.5 Å². The van der Waals surface area contributed by atoms with Crippen molar-refractivity contribution in [1.82, 2.24) is 0 Å². The summed E-state index contributed by atoms with van der Waals surface area (Å²) in [5, 5.41) is 0. The minimum atomic E-state index is -1.36. The molecule has 0 atom stereocenters. The number of hydrogen-bond donors (Lipinski definition) is 0. The van der Waals surface area contributed by atoms with Gasteiger partial charge in [-0.05, 0) is 24.3 Å². The third kappa shape index (κ3) is 3.32. The molecule has 0 unspecified atom stereocenters. The molecule has 1 aromatic carbocycles. The fourth-order valence-electron chi connectivity index (χ4n) is 2.23. The highest BCUT2D eigenvalue weighted by Gasteiger charge is 2.31. The number of halogens is 2. The standard InChI is InChI=1S/C17H13F2NO5/c1-24-16(22)11-5-3-4-8-20(15(11)17(23)25-2)14-10(9-21)6-7-12(18)13(14)19/h3-9H,1-2H3. The number of rotatable bonds is 4. The minimum Gasteiger partial charge on any atom is -0.465 e. The first-order chi connectivity index (χ1) is 12.0. The van der Waals surface area contributed by atoms with Crippen LogP contribution in [0.2, 0.25) is 0 Å². The maximum Gasteiger partial charge on any atom is 0.355 e. The highest BCUT2D eigenvalue weighted by atomic mass is 19.2. The van der Waals surface area contributed by atoms with Gasteiger partial charge in [-0.15, -0.1) is 0 Å². The van der Waals surface area contributed by atoms with Gasteiger partial charge in [0, 0.05) is 11.8 Å². The Bertz CT molecular complexity index is 827. The lowest BCUT2D eigenvalue weighted by Gasteiger charge is -2.24. The van der Waals surface area contributed by atoms with Crippen LogP contribution >= 0.6 is 0 Å². The summed E-state index contributed by atoms with van der Waals surface area (Å²) >= 11 is 0. The maximum atomic E-state index is 14.4. The lowest BCUT2D eigenvalue weighted by atomic mass is 10.1. The Morgan fingerprint density at radius 2 is 1.76 bits per heavy atom. The number of hydrogen-bond acceptors (Lipinski definition) is 6. The number of ether oxygens (including phenoxy) is 2. The third-order valence-electron chi connectivity index (χ3n) is 3.36. The highest BCUT2D eigenvalue weighted by Crippen LogP contribution is 2.32. The van der Waals surface area contributed by atoms with Crippen molar-refractivity contribution in [1.29, 1.82) is 0 Å². The Hall–Kier alpha value is -3.29. The van der Waals surface area contributed by atoms with Crippen LogP contribution in [0.5, 0.6) is 0 Å². The van der Waals surface area contributed by atoms with Gasteiger partial charge < -0.3 is 14.4 Å². The predicted octanol–water partition coefficient (Wildman–Crippen LogP) is 2.27. The van der Waals surface area contributed by atoms with Gasteiger partial charge in [0.25, 0.3) is 0 Å². The van der Waals surface area contributed by atoms with Crippen molar-refractivity contribution in [2.75, 3.05) is 19.1 Å². The third-order valence-corrected chi connectivity index (χ3v) is 3.36. The van der Waals surface area contributed by atoms with Crippen LogP contribution in [-0.4, -0.2) is 32.4 Å². The van der Waals surface area contributed by atoms with Crippen LogP contribution in [0.1, 0.15) is 10.4 Å².